The molecule has 2 aliphatic rings. The number of aryl methyl sites for hydroxylation is 1. The van der Waals surface area contributed by atoms with E-state index in [9.17, 15) is 9.59 Å². The summed E-state index contributed by atoms with van der Waals surface area (Å²) in [6.45, 7) is 2.15. The van der Waals surface area contributed by atoms with Crippen molar-refractivity contribution in [3.63, 3.8) is 0 Å². The Kier molecular flexibility index (Phi) is 5.93. The van der Waals surface area contributed by atoms with Crippen molar-refractivity contribution < 1.29 is 4.79 Å². The highest BCUT2D eigenvalue weighted by atomic mass is 16.2. The van der Waals surface area contributed by atoms with Crippen molar-refractivity contribution >= 4 is 22.8 Å². The number of anilines is 1. The van der Waals surface area contributed by atoms with Crippen molar-refractivity contribution in [3.05, 3.63) is 34.6 Å². The van der Waals surface area contributed by atoms with Crippen LogP contribution in [0.4, 0.5) is 5.82 Å². The maximum Gasteiger partial charge on any atom is 0.294 e. The molecule has 0 radical (unpaired) electrons. The second-order valence-electron chi connectivity index (χ2n) is 8.08. The van der Waals surface area contributed by atoms with Crippen LogP contribution in [0.3, 0.4) is 0 Å². The molecule has 4 rings (SSSR count). The van der Waals surface area contributed by atoms with Crippen LogP contribution in [0.25, 0.3) is 11.0 Å². The summed E-state index contributed by atoms with van der Waals surface area (Å²) in [5.41, 5.74) is 1.54. The largest absolute Gasteiger partial charge is 0.353 e. The highest BCUT2D eigenvalue weighted by Gasteiger charge is 2.21. The summed E-state index contributed by atoms with van der Waals surface area (Å²) < 4.78 is 1.74. The molecule has 1 aliphatic heterocycles. The smallest absolute Gasteiger partial charge is 0.294 e. The van der Waals surface area contributed by atoms with Gasteiger partial charge in [0.2, 0.25) is 5.91 Å². The third-order valence-electron chi connectivity index (χ3n) is 6.02. The van der Waals surface area contributed by atoms with E-state index in [4.69, 9.17) is 0 Å². The average Bonchev–Trinajstić information content (AvgIpc) is 3.12. The first-order chi connectivity index (χ1) is 13.7. The van der Waals surface area contributed by atoms with Gasteiger partial charge in [0.05, 0.1) is 11.0 Å². The van der Waals surface area contributed by atoms with Gasteiger partial charge in [0.25, 0.3) is 5.56 Å². The van der Waals surface area contributed by atoms with E-state index in [1.807, 2.05) is 24.3 Å². The topological polar surface area (TPSA) is 67.2 Å². The highest BCUT2D eigenvalue weighted by molar-refractivity contribution is 5.78. The first-order valence-corrected chi connectivity index (χ1v) is 10.8. The van der Waals surface area contributed by atoms with Gasteiger partial charge in [-0.05, 0) is 37.8 Å². The van der Waals surface area contributed by atoms with Gasteiger partial charge in [-0.15, -0.1) is 0 Å². The van der Waals surface area contributed by atoms with Gasteiger partial charge in [-0.3, -0.25) is 9.59 Å². The van der Waals surface area contributed by atoms with Gasteiger partial charge in [-0.1, -0.05) is 37.8 Å². The van der Waals surface area contributed by atoms with E-state index in [0.717, 1.165) is 49.8 Å². The van der Waals surface area contributed by atoms with Gasteiger partial charge >= 0.3 is 0 Å². The average molecular weight is 383 g/mol. The second-order valence-corrected chi connectivity index (χ2v) is 8.08. The number of aromatic nitrogens is 2. The van der Waals surface area contributed by atoms with Crippen LogP contribution in [0, 0.1) is 0 Å². The molecule has 28 heavy (non-hydrogen) atoms. The molecule has 2 aromatic rings. The minimum absolute atomic E-state index is 0.0439. The monoisotopic (exact) mass is 382 g/mol. The number of rotatable bonds is 5. The lowest BCUT2D eigenvalue weighted by molar-refractivity contribution is -0.122. The molecule has 150 valence electrons. The van der Waals surface area contributed by atoms with E-state index in [2.05, 4.69) is 15.2 Å². The third-order valence-corrected chi connectivity index (χ3v) is 6.02. The number of carbonyl (C=O) groups is 1. The summed E-state index contributed by atoms with van der Waals surface area (Å²) >= 11 is 0. The standard InChI is InChI=1S/C22H30N4O2/c27-20(23-17-9-3-1-2-4-10-17)13-16-26-19-12-6-5-11-18(19)24-21(22(26)28)25-14-7-8-15-25/h5-6,11-12,17H,1-4,7-10,13-16H2,(H,23,27). The quantitative estimate of drug-likeness (QED) is 0.806. The first-order valence-electron chi connectivity index (χ1n) is 10.8. The maximum absolute atomic E-state index is 13.1. The van der Waals surface area contributed by atoms with E-state index in [1.54, 1.807) is 4.57 Å². The number of fused-ring (bicyclic) bond motifs is 1. The van der Waals surface area contributed by atoms with Crippen LogP contribution < -0.4 is 15.8 Å². The molecule has 0 atom stereocenters. The minimum atomic E-state index is -0.0807. The summed E-state index contributed by atoms with van der Waals surface area (Å²) in [5.74, 6) is 0.572. The van der Waals surface area contributed by atoms with Gasteiger partial charge in [0, 0.05) is 32.1 Å². The lowest BCUT2D eigenvalue weighted by atomic mass is 10.1. The summed E-state index contributed by atoms with van der Waals surface area (Å²) in [5, 5.41) is 3.19. The maximum atomic E-state index is 13.1. The molecular formula is C22H30N4O2. The third kappa shape index (κ3) is 4.21. The van der Waals surface area contributed by atoms with Crippen LogP contribution in [-0.2, 0) is 11.3 Å². The zero-order valence-electron chi connectivity index (χ0n) is 16.5. The predicted molar refractivity (Wildman–Crippen MR) is 112 cm³/mol. The van der Waals surface area contributed by atoms with Crippen LogP contribution in [0.15, 0.2) is 29.1 Å². The lowest BCUT2D eigenvalue weighted by Gasteiger charge is -2.19. The Hall–Kier alpha value is -2.37. The molecule has 0 bridgehead atoms. The Morgan fingerprint density at radius 3 is 2.50 bits per heavy atom. The Labute approximate surface area is 165 Å². The summed E-state index contributed by atoms with van der Waals surface area (Å²) in [6.07, 6.45) is 9.58. The van der Waals surface area contributed by atoms with E-state index < -0.39 is 0 Å². The number of benzene rings is 1. The fraction of sp³-hybridized carbons (Fsp3) is 0.591. The molecule has 2 fully saturated rings. The normalized spacial score (nSPS) is 18.4. The van der Waals surface area contributed by atoms with Crippen LogP contribution in [0.1, 0.15) is 57.8 Å². The SMILES string of the molecule is O=C(CCn1c(=O)c(N2CCCC2)nc2ccccc21)NC1CCCCCC1. The van der Waals surface area contributed by atoms with Gasteiger partial charge in [-0.25, -0.2) is 4.98 Å². The molecule has 1 N–H and O–H groups in total. The Bertz CT molecular complexity index is 878. The van der Waals surface area contributed by atoms with Crippen molar-refractivity contribution in [2.75, 3.05) is 18.0 Å². The van der Waals surface area contributed by atoms with Gasteiger partial charge in [-0.2, -0.15) is 0 Å². The molecule has 1 aromatic heterocycles. The van der Waals surface area contributed by atoms with E-state index >= 15 is 0 Å². The lowest BCUT2D eigenvalue weighted by Crippen LogP contribution is -2.36. The first kappa shape index (κ1) is 19.0. The Morgan fingerprint density at radius 1 is 1.04 bits per heavy atom. The van der Waals surface area contributed by atoms with Crippen LogP contribution in [-0.4, -0.2) is 34.6 Å². The molecule has 1 amide bonds. The zero-order valence-corrected chi connectivity index (χ0v) is 16.5. The molecule has 1 aromatic carbocycles. The molecule has 1 saturated carbocycles. The number of para-hydroxylation sites is 2. The zero-order chi connectivity index (χ0) is 19.3. The molecule has 1 saturated heterocycles. The molecule has 2 heterocycles. The second kappa shape index (κ2) is 8.76. The number of hydrogen-bond acceptors (Lipinski definition) is 4. The minimum Gasteiger partial charge on any atom is -0.353 e. The van der Waals surface area contributed by atoms with Crippen molar-refractivity contribution in [2.24, 2.45) is 0 Å². The van der Waals surface area contributed by atoms with E-state index in [1.165, 1.54) is 25.7 Å². The van der Waals surface area contributed by atoms with Crippen molar-refractivity contribution in [1.82, 2.24) is 14.9 Å². The van der Waals surface area contributed by atoms with E-state index in [0.29, 0.717) is 24.8 Å². The van der Waals surface area contributed by atoms with E-state index in [-0.39, 0.29) is 11.5 Å². The van der Waals surface area contributed by atoms with Crippen molar-refractivity contribution in [3.8, 4) is 0 Å². The fourth-order valence-electron chi connectivity index (χ4n) is 4.47. The Balaban J connectivity index is 1.53. The molecule has 6 heteroatoms. The number of nitrogens with zero attached hydrogens (tertiary/aromatic N) is 3. The summed E-state index contributed by atoms with van der Waals surface area (Å²) in [4.78, 5) is 32.4. The summed E-state index contributed by atoms with van der Waals surface area (Å²) in [7, 11) is 0. The number of amides is 1. The number of carbonyl (C=O) groups excluding carboxylic acids is 1. The molecule has 6 nitrogen and oxygen atoms in total. The van der Waals surface area contributed by atoms with Crippen LogP contribution in [0.5, 0.6) is 0 Å². The van der Waals surface area contributed by atoms with Gasteiger partial charge in [0.1, 0.15) is 0 Å². The van der Waals surface area contributed by atoms with Crippen LogP contribution >= 0.6 is 0 Å². The number of hydrogen-bond donors (Lipinski definition) is 1. The Morgan fingerprint density at radius 2 is 1.75 bits per heavy atom. The summed E-state index contributed by atoms with van der Waals surface area (Å²) in [6, 6.07) is 8.01. The molecule has 0 spiro atoms. The molecule has 0 unspecified atom stereocenters. The molecule has 1 aliphatic carbocycles. The molecular weight excluding hydrogens is 352 g/mol. The highest BCUT2D eigenvalue weighted by Crippen LogP contribution is 2.19. The predicted octanol–water partition coefficient (Wildman–Crippen LogP) is 3.23. The van der Waals surface area contributed by atoms with Crippen molar-refractivity contribution in [2.45, 2.75) is 70.4 Å². The fourth-order valence-corrected chi connectivity index (χ4v) is 4.47. The number of nitrogens with one attached hydrogen (secondary N) is 1. The van der Waals surface area contributed by atoms with Gasteiger partial charge < -0.3 is 14.8 Å². The van der Waals surface area contributed by atoms with Crippen LogP contribution in [0.2, 0.25) is 0 Å². The van der Waals surface area contributed by atoms with Gasteiger partial charge in [0.15, 0.2) is 5.82 Å². The van der Waals surface area contributed by atoms with Crippen molar-refractivity contribution in [1.29, 1.82) is 0 Å².